The molecule has 0 radical (unpaired) electrons. The van der Waals surface area contributed by atoms with E-state index in [1.165, 1.54) is 6.07 Å². The van der Waals surface area contributed by atoms with Crippen LogP contribution in [0.3, 0.4) is 0 Å². The Hall–Kier alpha value is -1.92. The van der Waals surface area contributed by atoms with Gasteiger partial charge in [0.1, 0.15) is 11.9 Å². The van der Waals surface area contributed by atoms with Gasteiger partial charge in [-0.25, -0.2) is 9.18 Å². The van der Waals surface area contributed by atoms with Crippen molar-refractivity contribution in [1.29, 1.82) is 0 Å². The molecule has 0 bridgehead atoms. The van der Waals surface area contributed by atoms with Crippen LogP contribution >= 0.6 is 11.3 Å². The fourth-order valence-corrected chi connectivity index (χ4v) is 3.11. The molecule has 1 N–H and O–H groups in total. The summed E-state index contributed by atoms with van der Waals surface area (Å²) in [5, 5.41) is 6.86. The first-order chi connectivity index (χ1) is 10.7. The van der Waals surface area contributed by atoms with Gasteiger partial charge in [0, 0.05) is 18.7 Å². The molecule has 4 nitrogen and oxygen atoms in total. The monoisotopic (exact) mass is 320 g/mol. The third-order valence-electron chi connectivity index (χ3n) is 3.63. The van der Waals surface area contributed by atoms with Crippen molar-refractivity contribution < 1.29 is 13.9 Å². The molecule has 0 unspecified atom stereocenters. The highest BCUT2D eigenvalue weighted by molar-refractivity contribution is 7.07. The van der Waals surface area contributed by atoms with Crippen molar-refractivity contribution in [1.82, 2.24) is 10.2 Å². The minimum Gasteiger partial charge on any atom is -0.370 e. The van der Waals surface area contributed by atoms with E-state index in [0.29, 0.717) is 31.8 Å². The molecule has 116 valence electrons. The zero-order valence-corrected chi connectivity index (χ0v) is 12.8. The van der Waals surface area contributed by atoms with Gasteiger partial charge in [0.2, 0.25) is 0 Å². The number of amides is 2. The topological polar surface area (TPSA) is 41.6 Å². The summed E-state index contributed by atoms with van der Waals surface area (Å²) in [7, 11) is 0. The summed E-state index contributed by atoms with van der Waals surface area (Å²) < 4.78 is 19.5. The Morgan fingerprint density at radius 3 is 3.05 bits per heavy atom. The number of rotatable bonds is 3. The van der Waals surface area contributed by atoms with Gasteiger partial charge in [0.25, 0.3) is 0 Å². The maximum absolute atomic E-state index is 13.8. The average molecular weight is 320 g/mol. The first-order valence-corrected chi connectivity index (χ1v) is 8.08. The number of benzene rings is 1. The maximum Gasteiger partial charge on any atom is 0.317 e. The van der Waals surface area contributed by atoms with Crippen LogP contribution in [0.2, 0.25) is 0 Å². The van der Waals surface area contributed by atoms with Gasteiger partial charge in [0.05, 0.1) is 13.2 Å². The first kappa shape index (κ1) is 15.0. The molecule has 2 aromatic rings. The zero-order valence-electron chi connectivity index (χ0n) is 12.0. The van der Waals surface area contributed by atoms with E-state index in [1.54, 1.807) is 34.4 Å². The van der Waals surface area contributed by atoms with Gasteiger partial charge in [0.15, 0.2) is 0 Å². The van der Waals surface area contributed by atoms with Crippen molar-refractivity contribution in [3.63, 3.8) is 0 Å². The van der Waals surface area contributed by atoms with Crippen LogP contribution in [-0.4, -0.2) is 30.6 Å². The number of nitrogens with one attached hydrogen (secondary N) is 1. The van der Waals surface area contributed by atoms with E-state index in [-0.39, 0.29) is 11.8 Å². The van der Waals surface area contributed by atoms with Crippen molar-refractivity contribution in [2.75, 3.05) is 19.7 Å². The van der Waals surface area contributed by atoms with Gasteiger partial charge in [-0.05, 0) is 28.5 Å². The fourth-order valence-electron chi connectivity index (χ4n) is 2.44. The highest BCUT2D eigenvalue weighted by atomic mass is 32.1. The van der Waals surface area contributed by atoms with Crippen LogP contribution in [0.4, 0.5) is 9.18 Å². The lowest BCUT2D eigenvalue weighted by molar-refractivity contribution is -0.0171. The summed E-state index contributed by atoms with van der Waals surface area (Å²) in [6.45, 7) is 1.78. The molecule has 1 aromatic heterocycles. The summed E-state index contributed by atoms with van der Waals surface area (Å²) in [6.07, 6.45) is -0.415. The van der Waals surface area contributed by atoms with E-state index in [2.05, 4.69) is 5.32 Å². The Labute approximate surface area is 132 Å². The van der Waals surface area contributed by atoms with Gasteiger partial charge in [-0.3, -0.25) is 0 Å². The van der Waals surface area contributed by atoms with Crippen LogP contribution < -0.4 is 5.32 Å². The van der Waals surface area contributed by atoms with Gasteiger partial charge in [-0.2, -0.15) is 11.3 Å². The maximum atomic E-state index is 13.8. The lowest BCUT2D eigenvalue weighted by Crippen LogP contribution is -2.47. The second-order valence-electron chi connectivity index (χ2n) is 5.12. The van der Waals surface area contributed by atoms with E-state index in [4.69, 9.17) is 4.74 Å². The second kappa shape index (κ2) is 6.89. The third kappa shape index (κ3) is 3.45. The molecular weight excluding hydrogens is 303 g/mol. The SMILES string of the molecule is O=C(NCc1ccsc1)N1CCO[C@@H](c2ccccc2F)C1. The van der Waals surface area contributed by atoms with E-state index < -0.39 is 6.10 Å². The molecule has 2 amide bonds. The summed E-state index contributed by atoms with van der Waals surface area (Å²) in [4.78, 5) is 13.9. The molecule has 3 rings (SSSR count). The van der Waals surface area contributed by atoms with Crippen molar-refractivity contribution in [3.8, 4) is 0 Å². The molecule has 1 aliphatic heterocycles. The Kier molecular flexibility index (Phi) is 4.70. The van der Waals surface area contributed by atoms with Gasteiger partial charge >= 0.3 is 6.03 Å². The van der Waals surface area contributed by atoms with Crippen LogP contribution in [0.5, 0.6) is 0 Å². The number of carbonyl (C=O) groups excluding carboxylic acids is 1. The average Bonchev–Trinajstić information content (AvgIpc) is 3.06. The van der Waals surface area contributed by atoms with Crippen LogP contribution in [-0.2, 0) is 11.3 Å². The number of nitrogens with zero attached hydrogens (tertiary/aromatic N) is 1. The van der Waals surface area contributed by atoms with Crippen LogP contribution in [0.25, 0.3) is 0 Å². The molecule has 1 fully saturated rings. The van der Waals surface area contributed by atoms with Crippen molar-refractivity contribution in [3.05, 3.63) is 58.0 Å². The van der Waals surface area contributed by atoms with Crippen molar-refractivity contribution in [2.45, 2.75) is 12.6 Å². The number of thiophene rings is 1. The van der Waals surface area contributed by atoms with Gasteiger partial charge in [-0.1, -0.05) is 18.2 Å². The van der Waals surface area contributed by atoms with Crippen molar-refractivity contribution in [2.24, 2.45) is 0 Å². The Morgan fingerprint density at radius 2 is 2.27 bits per heavy atom. The number of halogens is 1. The Balaban J connectivity index is 1.60. The van der Waals surface area contributed by atoms with Crippen molar-refractivity contribution >= 4 is 17.4 Å². The molecule has 2 heterocycles. The minimum absolute atomic E-state index is 0.143. The zero-order chi connectivity index (χ0) is 15.4. The molecule has 0 spiro atoms. The Morgan fingerprint density at radius 1 is 1.41 bits per heavy atom. The summed E-state index contributed by atoms with van der Waals surface area (Å²) >= 11 is 1.60. The van der Waals surface area contributed by atoms with Gasteiger partial charge < -0.3 is 15.0 Å². The smallest absolute Gasteiger partial charge is 0.317 e. The number of hydrogen-bond acceptors (Lipinski definition) is 3. The summed E-state index contributed by atoms with van der Waals surface area (Å²) in [5.41, 5.74) is 1.58. The summed E-state index contributed by atoms with van der Waals surface area (Å²) in [5.74, 6) is -0.298. The molecule has 1 atom stereocenters. The number of carbonyl (C=O) groups is 1. The van der Waals surface area contributed by atoms with Gasteiger partial charge in [-0.15, -0.1) is 0 Å². The third-order valence-corrected chi connectivity index (χ3v) is 4.36. The number of ether oxygens (including phenoxy) is 1. The standard InChI is InChI=1S/C16H17FN2O2S/c17-14-4-2-1-3-13(14)15-10-19(6-7-21-15)16(20)18-9-12-5-8-22-11-12/h1-5,8,11,15H,6-7,9-10H2,(H,18,20)/t15-/m1/s1. The van der Waals surface area contributed by atoms with Crippen LogP contribution in [0.15, 0.2) is 41.1 Å². The normalized spacial score (nSPS) is 18.2. The van der Waals surface area contributed by atoms with Crippen LogP contribution in [0.1, 0.15) is 17.2 Å². The molecule has 22 heavy (non-hydrogen) atoms. The first-order valence-electron chi connectivity index (χ1n) is 7.14. The molecule has 0 saturated carbocycles. The molecule has 1 saturated heterocycles. The predicted octanol–water partition coefficient (Wildman–Crippen LogP) is 3.17. The van der Waals surface area contributed by atoms with E-state index >= 15 is 0 Å². The molecule has 1 aromatic carbocycles. The predicted molar refractivity (Wildman–Crippen MR) is 83.2 cm³/mol. The minimum atomic E-state index is -0.415. The van der Waals surface area contributed by atoms with E-state index in [0.717, 1.165) is 5.56 Å². The molecular formula is C16H17FN2O2S. The number of morpholine rings is 1. The quantitative estimate of drug-likeness (QED) is 0.944. The largest absolute Gasteiger partial charge is 0.370 e. The lowest BCUT2D eigenvalue weighted by atomic mass is 10.1. The van der Waals surface area contributed by atoms with E-state index in [9.17, 15) is 9.18 Å². The lowest BCUT2D eigenvalue weighted by Gasteiger charge is -2.33. The summed E-state index contributed by atoms with van der Waals surface area (Å²) in [6, 6.07) is 8.37. The number of hydrogen-bond donors (Lipinski definition) is 1. The highest BCUT2D eigenvalue weighted by Gasteiger charge is 2.26. The molecule has 1 aliphatic rings. The molecule has 0 aliphatic carbocycles. The molecule has 6 heteroatoms. The van der Waals surface area contributed by atoms with Crippen LogP contribution in [0, 0.1) is 5.82 Å². The number of urea groups is 1. The second-order valence-corrected chi connectivity index (χ2v) is 5.90. The highest BCUT2D eigenvalue weighted by Crippen LogP contribution is 2.24. The van der Waals surface area contributed by atoms with E-state index in [1.807, 2.05) is 16.8 Å². The fraction of sp³-hybridized carbons (Fsp3) is 0.312. The Bertz CT molecular complexity index is 633.